The summed E-state index contributed by atoms with van der Waals surface area (Å²) in [5.74, 6) is 0. The fourth-order valence-corrected chi connectivity index (χ4v) is 3.26. The molecule has 1 aromatic heterocycles. The van der Waals surface area contributed by atoms with Gasteiger partial charge >= 0.3 is 0 Å². The van der Waals surface area contributed by atoms with Crippen molar-refractivity contribution in [2.75, 3.05) is 6.54 Å². The van der Waals surface area contributed by atoms with Gasteiger partial charge in [0.2, 0.25) is 0 Å². The van der Waals surface area contributed by atoms with Gasteiger partial charge in [-0.15, -0.1) is 0 Å². The summed E-state index contributed by atoms with van der Waals surface area (Å²) < 4.78 is 3.22. The highest BCUT2D eigenvalue weighted by Gasteiger charge is 2.15. The van der Waals surface area contributed by atoms with E-state index in [9.17, 15) is 0 Å². The van der Waals surface area contributed by atoms with Crippen LogP contribution in [0.3, 0.4) is 0 Å². The third kappa shape index (κ3) is 5.16. The van der Waals surface area contributed by atoms with Crippen LogP contribution in [-0.4, -0.2) is 11.5 Å². The van der Waals surface area contributed by atoms with Gasteiger partial charge in [-0.25, -0.2) is 0 Å². The monoisotopic (exact) mass is 474 g/mol. The number of hydrogen-bond donors (Lipinski definition) is 1. The van der Waals surface area contributed by atoms with Gasteiger partial charge in [-0.2, -0.15) is 0 Å². The summed E-state index contributed by atoms with van der Waals surface area (Å²) in [7, 11) is 0. The normalized spacial score (nSPS) is 12.4. The van der Waals surface area contributed by atoms with Crippen LogP contribution in [0.15, 0.2) is 49.9 Å². The molecule has 0 spiro atoms. The maximum atomic E-state index is 4.49. The van der Waals surface area contributed by atoms with Crippen LogP contribution in [0.5, 0.6) is 0 Å². The molecule has 0 radical (unpaired) electrons. The summed E-state index contributed by atoms with van der Waals surface area (Å²) in [6.45, 7) is 3.16. The van der Waals surface area contributed by atoms with Crippen LogP contribution in [0.2, 0.25) is 0 Å². The molecule has 2 nitrogen and oxygen atoms in total. The molecule has 0 saturated carbocycles. The van der Waals surface area contributed by atoms with E-state index in [1.807, 2.05) is 18.3 Å². The Kier molecular flexibility index (Phi) is 6.86. The highest BCUT2D eigenvalue weighted by atomic mass is 79.9. The Bertz CT molecular complexity index is 585. The zero-order valence-electron chi connectivity index (χ0n) is 11.7. The van der Waals surface area contributed by atoms with Crippen LogP contribution in [0, 0.1) is 0 Å². The SMILES string of the molecule is CCCNC(Cc1ccc(Br)cn1)c1cc(Br)ccc1Br. The lowest BCUT2D eigenvalue weighted by Gasteiger charge is -2.20. The van der Waals surface area contributed by atoms with Crippen molar-refractivity contribution in [2.45, 2.75) is 25.8 Å². The minimum absolute atomic E-state index is 0.241. The summed E-state index contributed by atoms with van der Waals surface area (Å²) in [5, 5.41) is 3.61. The van der Waals surface area contributed by atoms with Crippen molar-refractivity contribution in [1.29, 1.82) is 0 Å². The molecule has 1 atom stereocenters. The molecule has 2 rings (SSSR count). The minimum Gasteiger partial charge on any atom is -0.310 e. The predicted molar refractivity (Wildman–Crippen MR) is 98.5 cm³/mol. The first-order valence-corrected chi connectivity index (χ1v) is 9.26. The molecule has 0 bridgehead atoms. The lowest BCUT2D eigenvalue weighted by molar-refractivity contribution is 0.522. The topological polar surface area (TPSA) is 24.9 Å². The van der Waals surface area contributed by atoms with E-state index in [0.717, 1.165) is 38.5 Å². The number of nitrogens with one attached hydrogen (secondary N) is 1. The average Bonchev–Trinajstić information content (AvgIpc) is 2.48. The van der Waals surface area contributed by atoms with Crippen molar-refractivity contribution in [3.8, 4) is 0 Å². The predicted octanol–water partition coefficient (Wildman–Crippen LogP) is 5.65. The fraction of sp³-hybridized carbons (Fsp3) is 0.312. The molecule has 1 aromatic carbocycles. The van der Waals surface area contributed by atoms with Gasteiger partial charge in [0.15, 0.2) is 0 Å². The van der Waals surface area contributed by atoms with Gasteiger partial charge in [-0.1, -0.05) is 38.8 Å². The van der Waals surface area contributed by atoms with Crippen LogP contribution in [0.1, 0.15) is 30.6 Å². The third-order valence-corrected chi connectivity index (χ3v) is 4.86. The quantitative estimate of drug-likeness (QED) is 0.582. The van der Waals surface area contributed by atoms with Gasteiger partial charge in [0.25, 0.3) is 0 Å². The van der Waals surface area contributed by atoms with E-state index in [4.69, 9.17) is 0 Å². The highest BCUT2D eigenvalue weighted by molar-refractivity contribution is 9.11. The summed E-state index contributed by atoms with van der Waals surface area (Å²) >= 11 is 10.6. The average molecular weight is 477 g/mol. The number of nitrogens with zero attached hydrogens (tertiary/aromatic N) is 1. The van der Waals surface area contributed by atoms with E-state index in [2.05, 4.69) is 83.2 Å². The van der Waals surface area contributed by atoms with Crippen molar-refractivity contribution in [3.63, 3.8) is 0 Å². The second-order valence-electron chi connectivity index (χ2n) is 4.84. The van der Waals surface area contributed by atoms with Crippen molar-refractivity contribution in [1.82, 2.24) is 10.3 Å². The molecule has 1 unspecified atom stereocenters. The van der Waals surface area contributed by atoms with Crippen LogP contribution in [0.4, 0.5) is 0 Å². The second kappa shape index (κ2) is 8.42. The molecule has 0 saturated heterocycles. The molecule has 112 valence electrons. The highest BCUT2D eigenvalue weighted by Crippen LogP contribution is 2.29. The summed E-state index contributed by atoms with van der Waals surface area (Å²) in [4.78, 5) is 4.49. The van der Waals surface area contributed by atoms with Gasteiger partial charge in [-0.3, -0.25) is 4.98 Å². The Labute approximate surface area is 151 Å². The first-order valence-electron chi connectivity index (χ1n) is 6.89. The molecule has 0 aliphatic heterocycles. The number of benzene rings is 1. The Balaban J connectivity index is 2.25. The molecule has 1 heterocycles. The van der Waals surface area contributed by atoms with Gasteiger partial charge in [0.1, 0.15) is 0 Å². The zero-order valence-corrected chi connectivity index (χ0v) is 16.5. The first-order chi connectivity index (χ1) is 10.1. The van der Waals surface area contributed by atoms with Crippen molar-refractivity contribution >= 4 is 47.8 Å². The van der Waals surface area contributed by atoms with Crippen LogP contribution < -0.4 is 5.32 Å². The van der Waals surface area contributed by atoms with Crippen molar-refractivity contribution in [3.05, 3.63) is 61.2 Å². The number of rotatable bonds is 6. The van der Waals surface area contributed by atoms with E-state index >= 15 is 0 Å². The number of aromatic nitrogens is 1. The number of pyridine rings is 1. The zero-order chi connectivity index (χ0) is 15.2. The molecule has 21 heavy (non-hydrogen) atoms. The molecule has 0 aliphatic rings. The van der Waals surface area contributed by atoms with Crippen molar-refractivity contribution in [2.24, 2.45) is 0 Å². The van der Waals surface area contributed by atoms with Crippen molar-refractivity contribution < 1.29 is 0 Å². The van der Waals surface area contributed by atoms with Gasteiger partial charge in [-0.05, 0) is 64.8 Å². The number of hydrogen-bond acceptors (Lipinski definition) is 2. The fourth-order valence-electron chi connectivity index (χ4n) is 2.13. The lowest BCUT2D eigenvalue weighted by atomic mass is 10.0. The lowest BCUT2D eigenvalue weighted by Crippen LogP contribution is -2.24. The molecule has 1 N–H and O–H groups in total. The molecule has 5 heteroatoms. The summed E-state index contributed by atoms with van der Waals surface area (Å²) in [6.07, 6.45) is 3.82. The Morgan fingerprint density at radius 1 is 1.10 bits per heavy atom. The molecular weight excluding hydrogens is 460 g/mol. The van der Waals surface area contributed by atoms with E-state index in [1.54, 1.807) is 0 Å². The Morgan fingerprint density at radius 2 is 1.86 bits per heavy atom. The third-order valence-electron chi connectivity index (χ3n) is 3.18. The van der Waals surface area contributed by atoms with Gasteiger partial charge < -0.3 is 5.32 Å². The molecule has 2 aromatic rings. The molecule has 0 fully saturated rings. The maximum absolute atomic E-state index is 4.49. The molecule has 0 amide bonds. The smallest absolute Gasteiger partial charge is 0.0423 e. The van der Waals surface area contributed by atoms with Crippen LogP contribution in [0.25, 0.3) is 0 Å². The summed E-state index contributed by atoms with van der Waals surface area (Å²) in [5.41, 5.74) is 2.33. The van der Waals surface area contributed by atoms with Gasteiger partial charge in [0.05, 0.1) is 0 Å². The van der Waals surface area contributed by atoms with Crippen LogP contribution in [-0.2, 0) is 6.42 Å². The maximum Gasteiger partial charge on any atom is 0.0423 e. The Hall–Kier alpha value is -0.230. The van der Waals surface area contributed by atoms with Gasteiger partial charge in [0, 0.05) is 37.8 Å². The second-order valence-corrected chi connectivity index (χ2v) is 7.53. The summed E-state index contributed by atoms with van der Waals surface area (Å²) in [6, 6.07) is 10.6. The number of halogens is 3. The van der Waals surface area contributed by atoms with E-state index < -0.39 is 0 Å². The standard InChI is InChI=1S/C16H17Br3N2/c1-2-7-20-16(9-13-5-3-12(18)10-21-13)14-8-11(17)4-6-15(14)19/h3-6,8,10,16,20H,2,7,9H2,1H3. The van der Waals surface area contributed by atoms with E-state index in [1.165, 1.54) is 5.56 Å². The van der Waals surface area contributed by atoms with E-state index in [-0.39, 0.29) is 6.04 Å². The first kappa shape index (κ1) is 17.1. The van der Waals surface area contributed by atoms with E-state index in [0.29, 0.717) is 0 Å². The molecular formula is C16H17Br3N2. The largest absolute Gasteiger partial charge is 0.310 e. The molecule has 0 aliphatic carbocycles. The van der Waals surface area contributed by atoms with Crippen LogP contribution >= 0.6 is 47.8 Å². The minimum atomic E-state index is 0.241. The Morgan fingerprint density at radius 3 is 2.52 bits per heavy atom.